The number of piperazine rings is 1. The van der Waals surface area contributed by atoms with Crippen LogP contribution in [0.4, 0.5) is 11.6 Å². The van der Waals surface area contributed by atoms with E-state index in [0.717, 1.165) is 40.8 Å². The summed E-state index contributed by atoms with van der Waals surface area (Å²) in [5, 5.41) is 4.14. The highest BCUT2D eigenvalue weighted by molar-refractivity contribution is 5.99. The number of nitrogens with zero attached hydrogens (tertiary/aromatic N) is 5. The zero-order valence-electron chi connectivity index (χ0n) is 20.3. The fraction of sp³-hybridized carbons (Fsp3) is 0.296. The van der Waals surface area contributed by atoms with Crippen molar-refractivity contribution in [2.24, 2.45) is 0 Å². The molecule has 0 saturated carbocycles. The number of carbonyl (C=O) groups excluding carboxylic acids is 2. The minimum Gasteiger partial charge on any atom is -0.368 e. The number of rotatable bonds is 5. The second-order valence-corrected chi connectivity index (χ2v) is 9.21. The molecule has 2 aliphatic rings. The number of aromatic nitrogens is 4. The number of nitrogens with one attached hydrogen (secondary N) is 2. The first-order chi connectivity index (χ1) is 18.1. The van der Waals surface area contributed by atoms with Crippen molar-refractivity contribution in [2.45, 2.75) is 18.9 Å². The summed E-state index contributed by atoms with van der Waals surface area (Å²) in [5.74, 6) is 0.441. The Bertz CT molecular complexity index is 1420. The van der Waals surface area contributed by atoms with Crippen LogP contribution in [-0.2, 0) is 9.53 Å². The summed E-state index contributed by atoms with van der Waals surface area (Å²) < 4.78 is 5.53. The standard InChI is InChI=1S/C27H27N7O3/c35-25(33-11-13-34(14-12-33)26(36)24-5-3-15-37-24)23-17-18-16-19(6-7-20(18)31-23)30-27-29-10-8-22(32-27)21-4-1-2-9-28-21/h1-2,4,6-10,16-17,24,31H,3,5,11-15H2,(H,29,30,32)/t24-/m0/s1. The number of carbonyl (C=O) groups is 2. The van der Waals surface area contributed by atoms with Crippen LogP contribution in [0.3, 0.4) is 0 Å². The Kier molecular flexibility index (Phi) is 6.23. The van der Waals surface area contributed by atoms with Crippen molar-refractivity contribution in [3.8, 4) is 11.4 Å². The maximum atomic E-state index is 13.2. The van der Waals surface area contributed by atoms with E-state index in [0.29, 0.717) is 44.4 Å². The topological polar surface area (TPSA) is 116 Å². The highest BCUT2D eigenvalue weighted by Crippen LogP contribution is 2.24. The molecule has 10 nitrogen and oxygen atoms in total. The number of anilines is 2. The Morgan fingerprint density at radius 3 is 2.59 bits per heavy atom. The van der Waals surface area contributed by atoms with Crippen LogP contribution < -0.4 is 5.32 Å². The molecule has 2 fully saturated rings. The fourth-order valence-corrected chi connectivity index (χ4v) is 4.81. The van der Waals surface area contributed by atoms with Gasteiger partial charge in [0.15, 0.2) is 0 Å². The fourth-order valence-electron chi connectivity index (χ4n) is 4.81. The van der Waals surface area contributed by atoms with Crippen LogP contribution in [0.1, 0.15) is 23.3 Å². The number of aromatic amines is 1. The van der Waals surface area contributed by atoms with Crippen LogP contribution in [0.25, 0.3) is 22.3 Å². The third-order valence-corrected chi connectivity index (χ3v) is 6.77. The molecule has 37 heavy (non-hydrogen) atoms. The van der Waals surface area contributed by atoms with Crippen molar-refractivity contribution >= 4 is 34.4 Å². The molecule has 0 bridgehead atoms. The predicted molar refractivity (Wildman–Crippen MR) is 138 cm³/mol. The monoisotopic (exact) mass is 497 g/mol. The van der Waals surface area contributed by atoms with Crippen molar-refractivity contribution in [3.05, 3.63) is 66.6 Å². The minimum absolute atomic E-state index is 0.0461. The molecular weight excluding hydrogens is 470 g/mol. The van der Waals surface area contributed by atoms with Gasteiger partial charge in [-0.3, -0.25) is 14.6 Å². The summed E-state index contributed by atoms with van der Waals surface area (Å²) >= 11 is 0. The van der Waals surface area contributed by atoms with Crippen LogP contribution >= 0.6 is 0 Å². The number of fused-ring (bicyclic) bond motifs is 1. The van der Waals surface area contributed by atoms with Crippen molar-refractivity contribution < 1.29 is 14.3 Å². The van der Waals surface area contributed by atoms with Gasteiger partial charge in [-0.2, -0.15) is 0 Å². The zero-order valence-corrected chi connectivity index (χ0v) is 20.3. The molecule has 10 heteroatoms. The molecule has 0 unspecified atom stereocenters. The lowest BCUT2D eigenvalue weighted by molar-refractivity contribution is -0.142. The lowest BCUT2D eigenvalue weighted by atomic mass is 10.2. The van der Waals surface area contributed by atoms with Gasteiger partial charge in [0.25, 0.3) is 11.8 Å². The number of hydrogen-bond donors (Lipinski definition) is 2. The van der Waals surface area contributed by atoms with Gasteiger partial charge in [0, 0.05) is 61.8 Å². The molecular formula is C27H27N7O3. The molecule has 4 aromatic rings. The highest BCUT2D eigenvalue weighted by atomic mass is 16.5. The van der Waals surface area contributed by atoms with E-state index < -0.39 is 0 Å². The second kappa shape index (κ2) is 9.98. The molecule has 0 spiro atoms. The van der Waals surface area contributed by atoms with E-state index in [1.165, 1.54) is 0 Å². The van der Waals surface area contributed by atoms with Crippen LogP contribution in [0, 0.1) is 0 Å². The third kappa shape index (κ3) is 4.88. The maximum Gasteiger partial charge on any atom is 0.270 e. The molecule has 1 atom stereocenters. The van der Waals surface area contributed by atoms with Crippen LogP contribution in [0.15, 0.2) is 60.9 Å². The zero-order chi connectivity index (χ0) is 25.2. The van der Waals surface area contributed by atoms with Gasteiger partial charge in [-0.15, -0.1) is 0 Å². The van der Waals surface area contributed by atoms with Crippen LogP contribution in [0.5, 0.6) is 0 Å². The largest absolute Gasteiger partial charge is 0.368 e. The molecule has 0 radical (unpaired) electrons. The Morgan fingerprint density at radius 1 is 0.946 bits per heavy atom. The number of H-pyrrole nitrogens is 1. The maximum absolute atomic E-state index is 13.2. The molecule has 2 saturated heterocycles. The average molecular weight is 498 g/mol. The van der Waals surface area contributed by atoms with E-state index in [1.807, 2.05) is 53.4 Å². The summed E-state index contributed by atoms with van der Waals surface area (Å²) in [6.45, 7) is 2.70. The Balaban J connectivity index is 1.12. The first kappa shape index (κ1) is 23.1. The van der Waals surface area contributed by atoms with Crippen molar-refractivity contribution in [1.29, 1.82) is 0 Å². The second-order valence-electron chi connectivity index (χ2n) is 9.21. The minimum atomic E-state index is -0.318. The number of benzene rings is 1. The number of hydrogen-bond acceptors (Lipinski definition) is 7. The quantitative estimate of drug-likeness (QED) is 0.435. The average Bonchev–Trinajstić information content (AvgIpc) is 3.63. The van der Waals surface area contributed by atoms with E-state index in [4.69, 9.17) is 4.74 Å². The molecule has 2 amide bonds. The van der Waals surface area contributed by atoms with Crippen molar-refractivity contribution in [1.82, 2.24) is 29.7 Å². The summed E-state index contributed by atoms with van der Waals surface area (Å²) in [4.78, 5) is 45.8. The summed E-state index contributed by atoms with van der Waals surface area (Å²) in [5.41, 5.74) is 3.70. The van der Waals surface area contributed by atoms with E-state index in [2.05, 4.69) is 25.3 Å². The first-order valence-corrected chi connectivity index (χ1v) is 12.5. The normalized spacial score (nSPS) is 17.8. The highest BCUT2D eigenvalue weighted by Gasteiger charge is 2.31. The number of ether oxygens (including phenoxy) is 1. The van der Waals surface area contributed by atoms with Gasteiger partial charge in [0.2, 0.25) is 5.95 Å². The van der Waals surface area contributed by atoms with Gasteiger partial charge in [-0.25, -0.2) is 9.97 Å². The molecule has 0 aliphatic carbocycles. The molecule has 6 rings (SSSR count). The van der Waals surface area contributed by atoms with E-state index in [-0.39, 0.29) is 17.9 Å². The van der Waals surface area contributed by atoms with Gasteiger partial charge in [-0.05, 0) is 55.3 Å². The summed E-state index contributed by atoms with van der Waals surface area (Å²) in [6, 6.07) is 15.2. The number of amides is 2. The molecule has 3 aromatic heterocycles. The Labute approximate surface area is 213 Å². The van der Waals surface area contributed by atoms with E-state index in [9.17, 15) is 9.59 Å². The molecule has 1 aromatic carbocycles. The van der Waals surface area contributed by atoms with E-state index >= 15 is 0 Å². The van der Waals surface area contributed by atoms with Gasteiger partial charge in [0.05, 0.1) is 11.4 Å². The molecule has 2 aliphatic heterocycles. The third-order valence-electron chi connectivity index (χ3n) is 6.77. The summed E-state index contributed by atoms with van der Waals surface area (Å²) in [7, 11) is 0. The molecule has 188 valence electrons. The van der Waals surface area contributed by atoms with Gasteiger partial charge < -0.3 is 24.8 Å². The van der Waals surface area contributed by atoms with Gasteiger partial charge >= 0.3 is 0 Å². The Morgan fingerprint density at radius 2 is 1.81 bits per heavy atom. The lowest BCUT2D eigenvalue weighted by Gasteiger charge is -2.35. The lowest BCUT2D eigenvalue weighted by Crippen LogP contribution is -2.52. The Hall–Kier alpha value is -4.31. The van der Waals surface area contributed by atoms with Crippen LogP contribution in [-0.4, -0.2) is 80.4 Å². The molecule has 5 heterocycles. The smallest absolute Gasteiger partial charge is 0.270 e. The number of pyridine rings is 1. The van der Waals surface area contributed by atoms with E-state index in [1.54, 1.807) is 17.3 Å². The van der Waals surface area contributed by atoms with Gasteiger partial charge in [-0.1, -0.05) is 6.07 Å². The predicted octanol–water partition coefficient (Wildman–Crippen LogP) is 3.23. The van der Waals surface area contributed by atoms with Crippen LogP contribution in [0.2, 0.25) is 0 Å². The first-order valence-electron chi connectivity index (χ1n) is 12.5. The SMILES string of the molecule is O=C(c1cc2cc(Nc3nccc(-c4ccccn4)n3)ccc2[nH]1)N1CCN(C(=O)[C@@H]2CCCO2)CC1. The van der Waals surface area contributed by atoms with Gasteiger partial charge in [0.1, 0.15) is 11.8 Å². The van der Waals surface area contributed by atoms with Crippen molar-refractivity contribution in [3.63, 3.8) is 0 Å². The molecule has 2 N–H and O–H groups in total. The summed E-state index contributed by atoms with van der Waals surface area (Å²) in [6.07, 6.45) is 4.82. The van der Waals surface area contributed by atoms with Crippen molar-refractivity contribution in [2.75, 3.05) is 38.1 Å².